The Morgan fingerprint density at radius 3 is 2.44 bits per heavy atom. The van der Waals surface area contributed by atoms with Crippen LogP contribution in [0.2, 0.25) is 0 Å². The first kappa shape index (κ1) is 12.7. The van der Waals surface area contributed by atoms with Gasteiger partial charge in [0.25, 0.3) is 0 Å². The van der Waals surface area contributed by atoms with Gasteiger partial charge in [-0.1, -0.05) is 27.7 Å². The summed E-state index contributed by atoms with van der Waals surface area (Å²) in [5, 5.41) is 6.28. The summed E-state index contributed by atoms with van der Waals surface area (Å²) in [6.45, 7) is 9.88. The Balaban J connectivity index is 2.54. The Hall–Kier alpha value is -1.32. The van der Waals surface area contributed by atoms with Crippen molar-refractivity contribution in [3.05, 3.63) is 12.4 Å². The molecule has 0 bridgehead atoms. The molecule has 1 aromatic rings. The molecule has 1 unspecified atom stereocenters. The lowest BCUT2D eigenvalue weighted by molar-refractivity contribution is 0.274. The van der Waals surface area contributed by atoms with Crippen molar-refractivity contribution in [2.75, 3.05) is 24.2 Å². The monoisotopic (exact) mass is 222 g/mol. The molecule has 1 heterocycles. The van der Waals surface area contributed by atoms with E-state index in [1.807, 2.05) is 7.05 Å². The van der Waals surface area contributed by atoms with E-state index in [-0.39, 0.29) is 0 Å². The van der Waals surface area contributed by atoms with Crippen molar-refractivity contribution in [1.29, 1.82) is 0 Å². The highest BCUT2D eigenvalue weighted by Gasteiger charge is 2.19. The number of hydrogen-bond donors (Lipinski definition) is 2. The fraction of sp³-hybridized carbons (Fsp3) is 0.667. The molecule has 4 nitrogen and oxygen atoms in total. The van der Waals surface area contributed by atoms with Gasteiger partial charge < -0.3 is 10.6 Å². The molecule has 0 spiro atoms. The number of nitrogens with zero attached hydrogens (tertiary/aromatic N) is 2. The van der Waals surface area contributed by atoms with E-state index in [0.717, 1.165) is 18.2 Å². The minimum Gasteiger partial charge on any atom is -0.372 e. The average molecular weight is 222 g/mol. The molecule has 0 fully saturated rings. The zero-order chi connectivity index (χ0) is 12.2. The second kappa shape index (κ2) is 5.14. The Kier molecular flexibility index (Phi) is 4.10. The minimum absolute atomic E-state index is 0.307. The summed E-state index contributed by atoms with van der Waals surface area (Å²) in [6, 6.07) is 0. The van der Waals surface area contributed by atoms with E-state index in [2.05, 4.69) is 48.3 Å². The van der Waals surface area contributed by atoms with E-state index in [4.69, 9.17) is 0 Å². The molecule has 4 heteroatoms. The molecule has 2 N–H and O–H groups in total. The highest BCUT2D eigenvalue weighted by Crippen LogP contribution is 2.25. The third kappa shape index (κ3) is 3.68. The number of rotatable bonds is 4. The van der Waals surface area contributed by atoms with Crippen molar-refractivity contribution in [2.24, 2.45) is 11.3 Å². The Labute approximate surface area is 97.9 Å². The normalized spacial score (nSPS) is 13.3. The molecule has 0 aromatic carbocycles. The van der Waals surface area contributed by atoms with Crippen molar-refractivity contribution in [3.63, 3.8) is 0 Å². The summed E-state index contributed by atoms with van der Waals surface area (Å²) in [6.07, 6.45) is 3.45. The van der Waals surface area contributed by atoms with Crippen LogP contribution in [0, 0.1) is 11.3 Å². The third-order valence-electron chi connectivity index (χ3n) is 2.96. The Morgan fingerprint density at radius 2 is 1.88 bits per heavy atom. The molecular weight excluding hydrogens is 200 g/mol. The second-order valence-corrected chi connectivity index (χ2v) is 5.19. The first-order chi connectivity index (χ1) is 7.43. The lowest BCUT2D eigenvalue weighted by atomic mass is 9.82. The van der Waals surface area contributed by atoms with Crippen LogP contribution in [0.5, 0.6) is 0 Å². The van der Waals surface area contributed by atoms with Crippen molar-refractivity contribution in [3.8, 4) is 0 Å². The largest absolute Gasteiger partial charge is 0.372 e. The summed E-state index contributed by atoms with van der Waals surface area (Å²) < 4.78 is 0. The van der Waals surface area contributed by atoms with E-state index < -0.39 is 0 Å². The van der Waals surface area contributed by atoms with Gasteiger partial charge in [-0.15, -0.1) is 0 Å². The van der Waals surface area contributed by atoms with Gasteiger partial charge in [-0.05, 0) is 11.3 Å². The van der Waals surface area contributed by atoms with E-state index in [1.54, 1.807) is 12.4 Å². The molecule has 16 heavy (non-hydrogen) atoms. The fourth-order valence-electron chi connectivity index (χ4n) is 1.14. The van der Waals surface area contributed by atoms with Crippen LogP contribution in [0.15, 0.2) is 12.4 Å². The highest BCUT2D eigenvalue weighted by atomic mass is 15.1. The summed E-state index contributed by atoms with van der Waals surface area (Å²) in [4.78, 5) is 8.47. The third-order valence-corrected chi connectivity index (χ3v) is 2.96. The van der Waals surface area contributed by atoms with Crippen LogP contribution in [-0.2, 0) is 0 Å². The van der Waals surface area contributed by atoms with Gasteiger partial charge in [-0.25, -0.2) is 4.98 Å². The smallest absolute Gasteiger partial charge is 0.146 e. The fourth-order valence-corrected chi connectivity index (χ4v) is 1.14. The van der Waals surface area contributed by atoms with Crippen LogP contribution in [0.4, 0.5) is 11.6 Å². The molecule has 0 saturated carbocycles. The van der Waals surface area contributed by atoms with Gasteiger partial charge in [0.1, 0.15) is 11.6 Å². The van der Waals surface area contributed by atoms with Gasteiger partial charge >= 0.3 is 0 Å². The van der Waals surface area contributed by atoms with Crippen LogP contribution in [0.25, 0.3) is 0 Å². The number of aromatic nitrogens is 2. The van der Waals surface area contributed by atoms with Crippen LogP contribution in [-0.4, -0.2) is 23.6 Å². The first-order valence-electron chi connectivity index (χ1n) is 5.67. The molecule has 0 aliphatic heterocycles. The van der Waals surface area contributed by atoms with Crippen molar-refractivity contribution in [2.45, 2.75) is 27.7 Å². The summed E-state index contributed by atoms with van der Waals surface area (Å²) in [5.41, 5.74) is 0.307. The van der Waals surface area contributed by atoms with Gasteiger partial charge in [0, 0.05) is 13.6 Å². The SMILES string of the molecule is CNc1cncc(NCC(C)C(C)(C)C)n1. The van der Waals surface area contributed by atoms with Gasteiger partial charge in [0.05, 0.1) is 12.4 Å². The van der Waals surface area contributed by atoms with Crippen LogP contribution in [0.3, 0.4) is 0 Å². The topological polar surface area (TPSA) is 49.8 Å². The second-order valence-electron chi connectivity index (χ2n) is 5.19. The molecule has 0 radical (unpaired) electrons. The molecule has 0 amide bonds. The van der Waals surface area contributed by atoms with Gasteiger partial charge in [0.2, 0.25) is 0 Å². The van der Waals surface area contributed by atoms with Crippen molar-refractivity contribution < 1.29 is 0 Å². The molecule has 90 valence electrons. The highest BCUT2D eigenvalue weighted by molar-refractivity contribution is 5.40. The molecule has 1 atom stereocenters. The maximum Gasteiger partial charge on any atom is 0.146 e. The van der Waals surface area contributed by atoms with E-state index in [9.17, 15) is 0 Å². The van der Waals surface area contributed by atoms with E-state index in [1.165, 1.54) is 0 Å². The summed E-state index contributed by atoms with van der Waals surface area (Å²) >= 11 is 0. The van der Waals surface area contributed by atoms with E-state index in [0.29, 0.717) is 11.3 Å². The van der Waals surface area contributed by atoms with Crippen molar-refractivity contribution in [1.82, 2.24) is 9.97 Å². The van der Waals surface area contributed by atoms with Crippen LogP contribution >= 0.6 is 0 Å². The zero-order valence-corrected chi connectivity index (χ0v) is 10.8. The predicted octanol–water partition coefficient (Wildman–Crippen LogP) is 2.61. The molecule has 1 aromatic heterocycles. The standard InChI is InChI=1S/C12H22N4/c1-9(12(2,3)4)6-15-11-8-14-7-10(13-5)16-11/h7-9H,6H2,1-5H3,(H2,13,15,16). The van der Waals surface area contributed by atoms with E-state index >= 15 is 0 Å². The number of nitrogens with one attached hydrogen (secondary N) is 2. The maximum absolute atomic E-state index is 4.36. The van der Waals surface area contributed by atoms with Gasteiger partial charge in [-0.3, -0.25) is 4.98 Å². The van der Waals surface area contributed by atoms with Crippen LogP contribution < -0.4 is 10.6 Å². The molecule has 1 rings (SSSR count). The van der Waals surface area contributed by atoms with Crippen molar-refractivity contribution >= 4 is 11.6 Å². The lowest BCUT2D eigenvalue weighted by Crippen LogP contribution is -2.25. The molecule has 0 aliphatic rings. The summed E-state index contributed by atoms with van der Waals surface area (Å²) in [7, 11) is 1.84. The Morgan fingerprint density at radius 1 is 1.25 bits per heavy atom. The number of anilines is 2. The van der Waals surface area contributed by atoms with Gasteiger partial charge in [0.15, 0.2) is 0 Å². The number of hydrogen-bond acceptors (Lipinski definition) is 4. The molecular formula is C12H22N4. The molecule has 0 aliphatic carbocycles. The zero-order valence-electron chi connectivity index (χ0n) is 10.8. The summed E-state index contributed by atoms with van der Waals surface area (Å²) in [5.74, 6) is 2.18. The molecule has 0 saturated heterocycles. The van der Waals surface area contributed by atoms with Gasteiger partial charge in [-0.2, -0.15) is 0 Å². The maximum atomic E-state index is 4.36. The van der Waals surface area contributed by atoms with Crippen LogP contribution in [0.1, 0.15) is 27.7 Å². The Bertz CT molecular complexity index is 330. The predicted molar refractivity (Wildman–Crippen MR) is 68.7 cm³/mol. The average Bonchev–Trinajstić information content (AvgIpc) is 2.25. The lowest BCUT2D eigenvalue weighted by Gasteiger charge is -2.27. The first-order valence-corrected chi connectivity index (χ1v) is 5.67. The minimum atomic E-state index is 0.307. The quantitative estimate of drug-likeness (QED) is 0.822.